The first kappa shape index (κ1) is 25.5. The molecule has 0 fully saturated rings. The molecule has 20 heavy (non-hydrogen) atoms. The Morgan fingerprint density at radius 1 is 1.40 bits per heavy atom. The Kier molecular flexibility index (Phi) is 13.1. The first-order chi connectivity index (χ1) is 8.13. The molecule has 0 bridgehead atoms. The van der Waals surface area contributed by atoms with Crippen molar-refractivity contribution >= 4 is 22.1 Å². The number of ether oxygens (including phenoxy) is 1. The molecule has 0 aromatic heterocycles. The Hall–Kier alpha value is 0.550. The number of aliphatic carboxylic acids is 2. The second kappa shape index (κ2) is 10.3. The summed E-state index contributed by atoms with van der Waals surface area (Å²) in [5.74, 6) is -4.31. The van der Waals surface area contributed by atoms with Crippen LogP contribution < -0.4 is 69.3 Å². The first-order valence-corrected chi connectivity index (χ1v) is 6.20. The second-order valence-corrected chi connectivity index (χ2v) is 4.99. The normalized spacial score (nSPS) is 14.9. The van der Waals surface area contributed by atoms with Crippen LogP contribution in [0.2, 0.25) is 0 Å². The maximum absolute atomic E-state index is 11.2. The number of carboxylic acid groups (broad SMARTS) is 2. The van der Waals surface area contributed by atoms with Gasteiger partial charge in [-0.25, -0.2) is 0 Å². The van der Waals surface area contributed by atoms with Crippen LogP contribution in [0.1, 0.15) is 13.3 Å². The number of rotatable bonds is 8. The molecule has 2 atom stereocenters. The summed E-state index contributed by atoms with van der Waals surface area (Å²) in [6.45, 7) is 4.43. The topological polar surface area (TPSA) is 144 Å². The van der Waals surface area contributed by atoms with Crippen LogP contribution in [0.15, 0.2) is 12.7 Å². The van der Waals surface area contributed by atoms with Crippen LogP contribution in [0.4, 0.5) is 0 Å². The molecule has 0 amide bonds. The van der Waals surface area contributed by atoms with Gasteiger partial charge in [0.15, 0.2) is 4.75 Å². The minimum absolute atomic E-state index is 0. The van der Waals surface area contributed by atoms with E-state index in [9.17, 15) is 28.2 Å². The fourth-order valence-corrected chi connectivity index (χ4v) is 2.39. The zero-order valence-corrected chi connectivity index (χ0v) is 16.3. The van der Waals surface area contributed by atoms with Gasteiger partial charge in [0.2, 0.25) is 0 Å². The Balaban J connectivity index is -0.00000144. The SMILES string of the molecule is C=CC(OCC)C(CC(=O)[O-])(C(=O)[O-])S(=O)(=O)O.[Na+].[Na+]. The minimum atomic E-state index is -5.33. The largest absolute Gasteiger partial charge is 1.00 e. The van der Waals surface area contributed by atoms with Gasteiger partial charge in [0.25, 0.3) is 10.1 Å². The summed E-state index contributed by atoms with van der Waals surface area (Å²) in [7, 11) is -5.33. The maximum Gasteiger partial charge on any atom is 1.00 e. The van der Waals surface area contributed by atoms with Crippen molar-refractivity contribution in [1.29, 1.82) is 0 Å². The van der Waals surface area contributed by atoms with E-state index in [0.29, 0.717) is 0 Å². The van der Waals surface area contributed by atoms with Crippen molar-refractivity contribution in [3.63, 3.8) is 0 Å². The van der Waals surface area contributed by atoms with Crippen LogP contribution in [0, 0.1) is 0 Å². The van der Waals surface area contributed by atoms with E-state index in [1.54, 1.807) is 0 Å². The molecule has 0 spiro atoms. The van der Waals surface area contributed by atoms with Crippen LogP contribution >= 0.6 is 0 Å². The number of hydrogen-bond donors (Lipinski definition) is 1. The summed E-state index contributed by atoms with van der Waals surface area (Å²) in [6.07, 6.45) is -2.55. The summed E-state index contributed by atoms with van der Waals surface area (Å²) in [5.41, 5.74) is 0. The standard InChI is InChI=1S/C9H14O8S.2Na/c1-3-6(17-4-2)9(8(12)13,5-7(10)11)18(14,15)16;;/h3,6H,1,4-5H2,2H3,(H,10,11)(H,12,13)(H,14,15,16);;/q;2*+1/p-2. The summed E-state index contributed by atoms with van der Waals surface area (Å²) in [6, 6.07) is 0. The van der Waals surface area contributed by atoms with Crippen molar-refractivity contribution < 1.29 is 96.6 Å². The first-order valence-electron chi connectivity index (χ1n) is 4.76. The molecule has 0 rings (SSSR count). The van der Waals surface area contributed by atoms with Crippen molar-refractivity contribution in [3.05, 3.63) is 12.7 Å². The van der Waals surface area contributed by atoms with Gasteiger partial charge in [-0.1, -0.05) is 6.08 Å². The number of hydrogen-bond acceptors (Lipinski definition) is 7. The molecule has 11 heteroatoms. The van der Waals surface area contributed by atoms with Crippen LogP contribution in [0.5, 0.6) is 0 Å². The molecular weight excluding hydrogens is 314 g/mol. The van der Waals surface area contributed by atoms with E-state index < -0.39 is 39.3 Å². The molecule has 8 nitrogen and oxygen atoms in total. The van der Waals surface area contributed by atoms with Crippen molar-refractivity contribution in [2.75, 3.05) is 6.61 Å². The molecule has 0 heterocycles. The molecular formula is C9H12Na2O8S. The van der Waals surface area contributed by atoms with Gasteiger partial charge < -0.3 is 24.5 Å². The summed E-state index contributed by atoms with van der Waals surface area (Å²) < 4.78 is 33.0. The predicted octanol–water partition coefficient (Wildman–Crippen LogP) is -8.90. The average molecular weight is 326 g/mol. The van der Waals surface area contributed by atoms with Gasteiger partial charge in [-0.2, -0.15) is 8.42 Å². The molecule has 104 valence electrons. The molecule has 2 unspecified atom stereocenters. The summed E-state index contributed by atoms with van der Waals surface area (Å²) >= 11 is 0. The molecule has 1 N–H and O–H groups in total. The maximum atomic E-state index is 11.2. The third-order valence-corrected chi connectivity index (χ3v) is 3.70. The van der Waals surface area contributed by atoms with Crippen molar-refractivity contribution in [2.24, 2.45) is 0 Å². The Morgan fingerprint density at radius 2 is 1.85 bits per heavy atom. The molecule has 0 saturated heterocycles. The molecule has 0 aromatic carbocycles. The molecule has 0 aliphatic rings. The van der Waals surface area contributed by atoms with E-state index in [4.69, 9.17) is 9.29 Å². The Labute approximate surface area is 160 Å². The van der Waals surface area contributed by atoms with E-state index in [-0.39, 0.29) is 65.7 Å². The molecule has 0 aliphatic carbocycles. The smallest absolute Gasteiger partial charge is 0.550 e. The van der Waals surface area contributed by atoms with E-state index >= 15 is 0 Å². The molecule has 0 aromatic rings. The fourth-order valence-electron chi connectivity index (χ4n) is 1.42. The van der Waals surface area contributed by atoms with E-state index in [1.165, 1.54) is 6.92 Å². The molecule has 0 radical (unpaired) electrons. The number of carbonyl (C=O) groups excluding carboxylic acids is 2. The van der Waals surface area contributed by atoms with Crippen LogP contribution in [0.3, 0.4) is 0 Å². The van der Waals surface area contributed by atoms with Crippen molar-refractivity contribution in [2.45, 2.75) is 24.2 Å². The van der Waals surface area contributed by atoms with E-state index in [1.807, 2.05) is 0 Å². The molecule has 0 aliphatic heterocycles. The average Bonchev–Trinajstić information content (AvgIpc) is 2.20. The summed E-state index contributed by atoms with van der Waals surface area (Å²) in [5, 5.41) is 21.5. The number of carboxylic acids is 2. The van der Waals surface area contributed by atoms with Gasteiger partial charge in [-0.3, -0.25) is 4.55 Å². The van der Waals surface area contributed by atoms with E-state index in [0.717, 1.165) is 6.08 Å². The Morgan fingerprint density at radius 3 is 2.05 bits per heavy atom. The monoisotopic (exact) mass is 326 g/mol. The summed E-state index contributed by atoms with van der Waals surface area (Å²) in [4.78, 5) is 21.5. The van der Waals surface area contributed by atoms with Crippen LogP contribution in [0.25, 0.3) is 0 Å². The third kappa shape index (κ3) is 5.74. The predicted molar refractivity (Wildman–Crippen MR) is 54.5 cm³/mol. The quantitative estimate of drug-likeness (QED) is 0.263. The van der Waals surface area contributed by atoms with Crippen molar-refractivity contribution in [1.82, 2.24) is 0 Å². The fraction of sp³-hybridized carbons (Fsp3) is 0.556. The third-order valence-electron chi connectivity index (χ3n) is 2.23. The van der Waals surface area contributed by atoms with Gasteiger partial charge in [0.05, 0.1) is 5.97 Å². The Bertz CT molecular complexity index is 449. The van der Waals surface area contributed by atoms with Gasteiger partial charge in [0.1, 0.15) is 6.10 Å². The van der Waals surface area contributed by atoms with Crippen molar-refractivity contribution in [3.8, 4) is 0 Å². The van der Waals surface area contributed by atoms with Crippen LogP contribution in [-0.4, -0.2) is 42.4 Å². The van der Waals surface area contributed by atoms with Gasteiger partial charge in [-0.15, -0.1) is 6.58 Å². The van der Waals surface area contributed by atoms with Gasteiger partial charge in [0, 0.05) is 19.0 Å². The van der Waals surface area contributed by atoms with Crippen LogP contribution in [-0.2, 0) is 24.4 Å². The van der Waals surface area contributed by atoms with E-state index in [2.05, 4.69) is 6.58 Å². The zero-order chi connectivity index (χ0) is 14.6. The molecule has 0 saturated carbocycles. The van der Waals surface area contributed by atoms with Gasteiger partial charge >= 0.3 is 59.1 Å². The number of carbonyl (C=O) groups is 2. The zero-order valence-electron chi connectivity index (χ0n) is 11.5. The second-order valence-electron chi connectivity index (χ2n) is 3.31. The minimum Gasteiger partial charge on any atom is -0.550 e. The van der Waals surface area contributed by atoms with Gasteiger partial charge in [-0.05, 0) is 6.92 Å².